The van der Waals surface area contributed by atoms with E-state index in [1.165, 1.54) is 0 Å². The molecule has 1 atom stereocenters. The minimum atomic E-state index is -1.27. The molecule has 1 unspecified atom stereocenters. The largest absolute Gasteiger partial charge is 0.488 e. The van der Waals surface area contributed by atoms with Gasteiger partial charge >= 0.3 is 5.97 Å². The summed E-state index contributed by atoms with van der Waals surface area (Å²) in [4.78, 5) is 10.3. The first-order chi connectivity index (χ1) is 7.00. The van der Waals surface area contributed by atoms with E-state index in [9.17, 15) is 13.6 Å². The second kappa shape index (κ2) is 4.93. The highest BCUT2D eigenvalue weighted by atomic mass is 35.5. The van der Waals surface area contributed by atoms with Crippen molar-refractivity contribution < 1.29 is 23.4 Å². The van der Waals surface area contributed by atoms with E-state index in [1.807, 2.05) is 0 Å². The van der Waals surface area contributed by atoms with Gasteiger partial charge in [-0.2, -0.15) is 0 Å². The predicted molar refractivity (Wildman–Crippen MR) is 49.1 cm³/mol. The van der Waals surface area contributed by atoms with Crippen LogP contribution in [0.2, 0.25) is 0 Å². The molecule has 6 heteroatoms. The summed E-state index contributed by atoms with van der Waals surface area (Å²) < 4.78 is 30.2. The van der Waals surface area contributed by atoms with Crippen molar-refractivity contribution in [1.82, 2.24) is 0 Å². The van der Waals surface area contributed by atoms with E-state index in [-0.39, 0.29) is 12.4 Å². The van der Waals surface area contributed by atoms with Gasteiger partial charge in [-0.1, -0.05) is 0 Å². The van der Waals surface area contributed by atoms with Crippen LogP contribution in [0.15, 0.2) is 18.2 Å². The SMILES string of the molecule is O=C(O)C(Cl)COc1ccc(F)cc1F. The maximum absolute atomic E-state index is 12.9. The zero-order valence-electron chi connectivity index (χ0n) is 7.41. The lowest BCUT2D eigenvalue weighted by molar-refractivity contribution is -0.137. The number of benzene rings is 1. The second-order valence-corrected chi connectivity index (χ2v) is 3.22. The van der Waals surface area contributed by atoms with Gasteiger partial charge in [-0.05, 0) is 12.1 Å². The van der Waals surface area contributed by atoms with Crippen molar-refractivity contribution in [3.63, 3.8) is 0 Å². The maximum atomic E-state index is 12.9. The fourth-order valence-corrected chi connectivity index (χ4v) is 0.889. The molecular formula is C9H7ClF2O3. The van der Waals surface area contributed by atoms with Crippen LogP contribution in [-0.2, 0) is 4.79 Å². The topological polar surface area (TPSA) is 46.5 Å². The van der Waals surface area contributed by atoms with Gasteiger partial charge < -0.3 is 9.84 Å². The van der Waals surface area contributed by atoms with Crippen molar-refractivity contribution in [3.05, 3.63) is 29.8 Å². The summed E-state index contributed by atoms with van der Waals surface area (Å²) in [6.07, 6.45) is 0. The van der Waals surface area contributed by atoms with E-state index in [0.717, 1.165) is 12.1 Å². The van der Waals surface area contributed by atoms with Crippen LogP contribution < -0.4 is 4.74 Å². The summed E-state index contributed by atoms with van der Waals surface area (Å²) in [6.45, 7) is -0.389. The Morgan fingerprint density at radius 3 is 2.73 bits per heavy atom. The third kappa shape index (κ3) is 3.36. The van der Waals surface area contributed by atoms with Gasteiger partial charge in [0, 0.05) is 6.07 Å². The van der Waals surface area contributed by atoms with Crippen LogP contribution in [-0.4, -0.2) is 23.1 Å². The van der Waals surface area contributed by atoms with Gasteiger partial charge in [0.25, 0.3) is 0 Å². The Bertz CT molecular complexity index is 370. The highest BCUT2D eigenvalue weighted by Gasteiger charge is 2.15. The second-order valence-electron chi connectivity index (χ2n) is 2.69. The monoisotopic (exact) mass is 236 g/mol. The Balaban J connectivity index is 2.62. The molecule has 82 valence electrons. The van der Waals surface area contributed by atoms with E-state index in [0.29, 0.717) is 6.07 Å². The van der Waals surface area contributed by atoms with Gasteiger partial charge in [-0.25, -0.2) is 8.78 Å². The van der Waals surface area contributed by atoms with Crippen LogP contribution in [0.1, 0.15) is 0 Å². The molecule has 0 heterocycles. The summed E-state index contributed by atoms with van der Waals surface area (Å²) in [5, 5.41) is 7.14. The molecule has 0 radical (unpaired) electrons. The summed E-state index contributed by atoms with van der Waals surface area (Å²) in [5.41, 5.74) is 0. The zero-order chi connectivity index (χ0) is 11.4. The number of hydrogen-bond donors (Lipinski definition) is 1. The van der Waals surface area contributed by atoms with Gasteiger partial charge in [0.05, 0.1) is 0 Å². The quantitative estimate of drug-likeness (QED) is 0.814. The van der Waals surface area contributed by atoms with Crippen molar-refractivity contribution in [2.75, 3.05) is 6.61 Å². The zero-order valence-corrected chi connectivity index (χ0v) is 8.17. The van der Waals surface area contributed by atoms with Crippen molar-refractivity contribution in [2.45, 2.75) is 5.38 Å². The molecule has 1 rings (SSSR count). The van der Waals surface area contributed by atoms with E-state index in [1.54, 1.807) is 0 Å². The molecule has 1 N–H and O–H groups in total. The van der Waals surface area contributed by atoms with Gasteiger partial charge in [-0.3, -0.25) is 4.79 Å². The lowest BCUT2D eigenvalue weighted by Crippen LogP contribution is -2.21. The summed E-state index contributed by atoms with van der Waals surface area (Å²) in [6, 6.07) is 2.71. The van der Waals surface area contributed by atoms with Gasteiger partial charge in [0.15, 0.2) is 16.9 Å². The average Bonchev–Trinajstić information content (AvgIpc) is 2.15. The van der Waals surface area contributed by atoms with Crippen molar-refractivity contribution >= 4 is 17.6 Å². The average molecular weight is 237 g/mol. The molecule has 0 fully saturated rings. The fraction of sp³-hybridized carbons (Fsp3) is 0.222. The number of rotatable bonds is 4. The highest BCUT2D eigenvalue weighted by molar-refractivity contribution is 6.29. The first kappa shape index (κ1) is 11.7. The molecule has 0 spiro atoms. The lowest BCUT2D eigenvalue weighted by atomic mass is 10.3. The molecule has 0 aliphatic heterocycles. The highest BCUT2D eigenvalue weighted by Crippen LogP contribution is 2.18. The molecular weight excluding hydrogens is 230 g/mol. The van der Waals surface area contributed by atoms with Crippen molar-refractivity contribution in [1.29, 1.82) is 0 Å². The first-order valence-corrected chi connectivity index (χ1v) is 4.39. The van der Waals surface area contributed by atoms with Crippen LogP contribution in [0.25, 0.3) is 0 Å². The number of aliphatic carboxylic acids is 1. The molecule has 0 aliphatic rings. The number of hydrogen-bond acceptors (Lipinski definition) is 2. The molecule has 1 aromatic carbocycles. The van der Waals surface area contributed by atoms with Crippen molar-refractivity contribution in [3.8, 4) is 5.75 Å². The van der Waals surface area contributed by atoms with Crippen molar-refractivity contribution in [2.24, 2.45) is 0 Å². The molecule has 0 aromatic heterocycles. The van der Waals surface area contributed by atoms with E-state index < -0.39 is 23.0 Å². The predicted octanol–water partition coefficient (Wildman–Crippen LogP) is 2.04. The Kier molecular flexibility index (Phi) is 3.85. The number of carboxylic acids is 1. The number of carboxylic acid groups (broad SMARTS) is 1. The standard InChI is InChI=1S/C9H7ClF2O3/c10-6(9(13)14)4-15-8-2-1-5(11)3-7(8)12/h1-3,6H,4H2,(H,13,14). The minimum Gasteiger partial charge on any atom is -0.488 e. The van der Waals surface area contributed by atoms with E-state index in [2.05, 4.69) is 0 Å². The molecule has 0 saturated heterocycles. The molecule has 3 nitrogen and oxygen atoms in total. The smallest absolute Gasteiger partial charge is 0.325 e. The van der Waals surface area contributed by atoms with Gasteiger partial charge in [0.2, 0.25) is 0 Å². The van der Waals surface area contributed by atoms with Crippen LogP contribution in [0.4, 0.5) is 8.78 Å². The Morgan fingerprint density at radius 1 is 1.53 bits per heavy atom. The van der Waals surface area contributed by atoms with Crippen LogP contribution in [0.5, 0.6) is 5.75 Å². The molecule has 1 aromatic rings. The Morgan fingerprint density at radius 2 is 2.20 bits per heavy atom. The van der Waals surface area contributed by atoms with Crippen LogP contribution >= 0.6 is 11.6 Å². The first-order valence-electron chi connectivity index (χ1n) is 3.95. The number of carbonyl (C=O) groups is 1. The van der Waals surface area contributed by atoms with Crippen LogP contribution in [0.3, 0.4) is 0 Å². The molecule has 15 heavy (non-hydrogen) atoms. The summed E-state index contributed by atoms with van der Waals surface area (Å²) >= 11 is 5.33. The molecule has 0 saturated carbocycles. The third-order valence-corrected chi connectivity index (χ3v) is 1.86. The minimum absolute atomic E-state index is 0.233. The van der Waals surface area contributed by atoms with Gasteiger partial charge in [-0.15, -0.1) is 11.6 Å². The molecule has 0 amide bonds. The summed E-state index contributed by atoms with van der Waals surface area (Å²) in [7, 11) is 0. The maximum Gasteiger partial charge on any atom is 0.325 e. The Labute approximate surface area is 89.2 Å². The van der Waals surface area contributed by atoms with Crippen LogP contribution in [0, 0.1) is 11.6 Å². The lowest BCUT2D eigenvalue weighted by Gasteiger charge is -2.08. The number of halogens is 3. The fourth-order valence-electron chi connectivity index (χ4n) is 0.826. The third-order valence-electron chi connectivity index (χ3n) is 1.55. The molecule has 0 bridgehead atoms. The van der Waals surface area contributed by atoms with E-state index in [4.69, 9.17) is 21.4 Å². The summed E-state index contributed by atoms with van der Waals surface area (Å²) in [5.74, 6) is -3.13. The van der Waals surface area contributed by atoms with E-state index >= 15 is 0 Å². The Hall–Kier alpha value is -1.36. The number of ether oxygens (including phenoxy) is 1. The van der Waals surface area contributed by atoms with Gasteiger partial charge in [0.1, 0.15) is 12.4 Å². The molecule has 0 aliphatic carbocycles. The normalized spacial score (nSPS) is 12.2. The number of alkyl halides is 1.